The van der Waals surface area contributed by atoms with E-state index < -0.39 is 0 Å². The van der Waals surface area contributed by atoms with E-state index in [0.717, 1.165) is 6.42 Å². The summed E-state index contributed by atoms with van der Waals surface area (Å²) in [5.41, 5.74) is 9.99. The summed E-state index contributed by atoms with van der Waals surface area (Å²) in [6, 6.07) is 6.41. The third-order valence-corrected chi connectivity index (χ3v) is 3.98. The SMILES string of the molecule is CCCCCCC(C)OCC(N)c1ccc(C)c(C)c1. The molecule has 0 amide bonds. The van der Waals surface area contributed by atoms with Crippen molar-refractivity contribution in [1.29, 1.82) is 0 Å². The van der Waals surface area contributed by atoms with E-state index in [4.69, 9.17) is 10.5 Å². The van der Waals surface area contributed by atoms with Crippen LogP contribution in [0.3, 0.4) is 0 Å². The molecule has 0 aliphatic heterocycles. The van der Waals surface area contributed by atoms with Gasteiger partial charge in [-0.15, -0.1) is 0 Å². The van der Waals surface area contributed by atoms with Crippen molar-refractivity contribution >= 4 is 0 Å². The monoisotopic (exact) mass is 277 g/mol. The molecule has 0 spiro atoms. The summed E-state index contributed by atoms with van der Waals surface area (Å²) >= 11 is 0. The first-order valence-electron chi connectivity index (χ1n) is 7.99. The number of rotatable bonds is 9. The third kappa shape index (κ3) is 6.06. The van der Waals surface area contributed by atoms with E-state index in [9.17, 15) is 0 Å². The molecule has 2 heteroatoms. The number of benzene rings is 1. The predicted molar refractivity (Wildman–Crippen MR) is 87.0 cm³/mol. The lowest BCUT2D eigenvalue weighted by atomic mass is 10.0. The zero-order valence-corrected chi connectivity index (χ0v) is 13.6. The molecule has 2 nitrogen and oxygen atoms in total. The molecular weight excluding hydrogens is 246 g/mol. The maximum absolute atomic E-state index is 6.21. The summed E-state index contributed by atoms with van der Waals surface area (Å²) in [5.74, 6) is 0. The maximum Gasteiger partial charge on any atom is 0.0662 e. The highest BCUT2D eigenvalue weighted by Crippen LogP contribution is 2.17. The van der Waals surface area contributed by atoms with Gasteiger partial charge in [0.15, 0.2) is 0 Å². The van der Waals surface area contributed by atoms with Gasteiger partial charge in [-0.1, -0.05) is 50.8 Å². The van der Waals surface area contributed by atoms with Gasteiger partial charge in [0.2, 0.25) is 0 Å². The Morgan fingerprint density at radius 2 is 1.85 bits per heavy atom. The molecule has 20 heavy (non-hydrogen) atoms. The molecular formula is C18H31NO. The van der Waals surface area contributed by atoms with Crippen LogP contribution in [0.15, 0.2) is 18.2 Å². The number of hydrogen-bond donors (Lipinski definition) is 1. The van der Waals surface area contributed by atoms with E-state index in [2.05, 4.69) is 45.9 Å². The van der Waals surface area contributed by atoms with Crippen LogP contribution in [0.5, 0.6) is 0 Å². The van der Waals surface area contributed by atoms with Gasteiger partial charge in [-0.2, -0.15) is 0 Å². The summed E-state index contributed by atoms with van der Waals surface area (Å²) in [5, 5.41) is 0. The zero-order chi connectivity index (χ0) is 15.0. The van der Waals surface area contributed by atoms with E-state index in [0.29, 0.717) is 12.7 Å². The molecule has 0 radical (unpaired) electrons. The largest absolute Gasteiger partial charge is 0.377 e. The molecule has 0 aliphatic carbocycles. The molecule has 2 unspecified atom stereocenters. The Bertz CT molecular complexity index is 389. The lowest BCUT2D eigenvalue weighted by Crippen LogP contribution is -2.21. The average Bonchev–Trinajstić information content (AvgIpc) is 2.44. The quantitative estimate of drug-likeness (QED) is 0.665. The minimum Gasteiger partial charge on any atom is -0.377 e. The van der Waals surface area contributed by atoms with Gasteiger partial charge in [0.25, 0.3) is 0 Å². The van der Waals surface area contributed by atoms with Gasteiger partial charge in [0.1, 0.15) is 0 Å². The molecule has 0 aliphatic rings. The lowest BCUT2D eigenvalue weighted by Gasteiger charge is -2.18. The number of aryl methyl sites for hydroxylation is 2. The summed E-state index contributed by atoms with van der Waals surface area (Å²) < 4.78 is 5.88. The topological polar surface area (TPSA) is 35.2 Å². The van der Waals surface area contributed by atoms with E-state index in [-0.39, 0.29) is 6.04 Å². The molecule has 2 N–H and O–H groups in total. The molecule has 0 aromatic heterocycles. The molecule has 1 aromatic rings. The van der Waals surface area contributed by atoms with Crippen LogP contribution in [0.2, 0.25) is 0 Å². The smallest absolute Gasteiger partial charge is 0.0662 e. The lowest BCUT2D eigenvalue weighted by molar-refractivity contribution is 0.0490. The highest BCUT2D eigenvalue weighted by Gasteiger charge is 2.10. The number of nitrogens with two attached hydrogens (primary N) is 1. The van der Waals surface area contributed by atoms with E-state index in [1.54, 1.807) is 0 Å². The Kier molecular flexibility index (Phi) is 7.86. The van der Waals surface area contributed by atoms with Crippen LogP contribution in [0.4, 0.5) is 0 Å². The molecule has 114 valence electrons. The highest BCUT2D eigenvalue weighted by molar-refractivity contribution is 5.31. The molecule has 2 atom stereocenters. The van der Waals surface area contributed by atoms with Crippen LogP contribution in [-0.4, -0.2) is 12.7 Å². The normalized spacial score (nSPS) is 14.2. The molecule has 1 rings (SSSR count). The van der Waals surface area contributed by atoms with Gasteiger partial charge in [-0.05, 0) is 43.9 Å². The van der Waals surface area contributed by atoms with Gasteiger partial charge in [0.05, 0.1) is 18.8 Å². The van der Waals surface area contributed by atoms with Crippen LogP contribution in [-0.2, 0) is 4.74 Å². The minimum absolute atomic E-state index is 0.0209. The molecule has 0 bridgehead atoms. The Balaban J connectivity index is 2.31. The Labute approximate surface area is 124 Å². The van der Waals surface area contributed by atoms with Crippen molar-refractivity contribution in [2.75, 3.05) is 6.61 Å². The van der Waals surface area contributed by atoms with Crippen LogP contribution in [0.25, 0.3) is 0 Å². The van der Waals surface area contributed by atoms with Gasteiger partial charge in [-0.3, -0.25) is 0 Å². The van der Waals surface area contributed by atoms with Crippen molar-refractivity contribution in [3.63, 3.8) is 0 Å². The Morgan fingerprint density at radius 1 is 1.10 bits per heavy atom. The summed E-state index contributed by atoms with van der Waals surface area (Å²) in [7, 11) is 0. The molecule has 0 heterocycles. The summed E-state index contributed by atoms with van der Waals surface area (Å²) in [6.07, 6.45) is 6.63. The van der Waals surface area contributed by atoms with Gasteiger partial charge < -0.3 is 10.5 Å². The minimum atomic E-state index is -0.0209. The second kappa shape index (κ2) is 9.15. The summed E-state index contributed by atoms with van der Waals surface area (Å²) in [6.45, 7) is 9.25. The van der Waals surface area contributed by atoms with Crippen LogP contribution >= 0.6 is 0 Å². The summed E-state index contributed by atoms with van der Waals surface area (Å²) in [4.78, 5) is 0. The fraction of sp³-hybridized carbons (Fsp3) is 0.667. The first-order valence-corrected chi connectivity index (χ1v) is 7.99. The van der Waals surface area contributed by atoms with Gasteiger partial charge >= 0.3 is 0 Å². The van der Waals surface area contributed by atoms with E-state index >= 15 is 0 Å². The first kappa shape index (κ1) is 17.2. The Hall–Kier alpha value is -0.860. The number of ether oxygens (including phenoxy) is 1. The van der Waals surface area contributed by atoms with Crippen LogP contribution in [0, 0.1) is 13.8 Å². The predicted octanol–water partition coefficient (Wildman–Crippen LogP) is 4.68. The van der Waals surface area contributed by atoms with Crippen LogP contribution in [0.1, 0.15) is 68.7 Å². The van der Waals surface area contributed by atoms with Crippen molar-refractivity contribution in [1.82, 2.24) is 0 Å². The van der Waals surface area contributed by atoms with Crippen molar-refractivity contribution in [3.05, 3.63) is 34.9 Å². The van der Waals surface area contributed by atoms with Crippen molar-refractivity contribution in [2.24, 2.45) is 5.73 Å². The van der Waals surface area contributed by atoms with Crippen molar-refractivity contribution < 1.29 is 4.74 Å². The molecule has 0 saturated carbocycles. The Morgan fingerprint density at radius 3 is 2.50 bits per heavy atom. The third-order valence-electron chi connectivity index (χ3n) is 3.98. The fourth-order valence-electron chi connectivity index (χ4n) is 2.30. The molecule has 1 aromatic carbocycles. The first-order chi connectivity index (χ1) is 9.54. The molecule has 0 saturated heterocycles. The fourth-order valence-corrected chi connectivity index (χ4v) is 2.30. The number of unbranched alkanes of at least 4 members (excludes halogenated alkanes) is 3. The van der Waals surface area contributed by atoms with Gasteiger partial charge in [0, 0.05) is 0 Å². The standard InChI is InChI=1S/C18H31NO/c1-5-6-7-8-9-16(4)20-13-18(19)17-11-10-14(2)15(3)12-17/h10-12,16,18H,5-9,13,19H2,1-4H3. The van der Waals surface area contributed by atoms with Crippen molar-refractivity contribution in [2.45, 2.75) is 71.9 Å². The molecule has 0 fully saturated rings. The average molecular weight is 277 g/mol. The van der Waals surface area contributed by atoms with E-state index in [1.807, 2.05) is 0 Å². The second-order valence-electron chi connectivity index (χ2n) is 5.94. The number of hydrogen-bond acceptors (Lipinski definition) is 2. The van der Waals surface area contributed by atoms with Gasteiger partial charge in [-0.25, -0.2) is 0 Å². The zero-order valence-electron chi connectivity index (χ0n) is 13.6. The van der Waals surface area contributed by atoms with Crippen molar-refractivity contribution in [3.8, 4) is 0 Å². The second-order valence-corrected chi connectivity index (χ2v) is 5.94. The van der Waals surface area contributed by atoms with E-state index in [1.165, 1.54) is 42.4 Å². The van der Waals surface area contributed by atoms with Crippen LogP contribution < -0.4 is 5.73 Å². The highest BCUT2D eigenvalue weighted by atomic mass is 16.5. The maximum atomic E-state index is 6.21.